The van der Waals surface area contributed by atoms with Crippen LogP contribution in [0.3, 0.4) is 0 Å². The van der Waals surface area contributed by atoms with E-state index >= 15 is 0 Å². The Morgan fingerprint density at radius 3 is 2.53 bits per heavy atom. The SMILES string of the molecule is CCN(c1cc(C)c(F)cc1C(C)O)C1CCCC1. The van der Waals surface area contributed by atoms with E-state index in [1.807, 2.05) is 6.07 Å². The first-order chi connectivity index (χ1) is 9.04. The van der Waals surface area contributed by atoms with Crippen LogP contribution in [0.4, 0.5) is 10.1 Å². The molecule has 3 heteroatoms. The van der Waals surface area contributed by atoms with E-state index in [0.717, 1.165) is 12.2 Å². The van der Waals surface area contributed by atoms with Gasteiger partial charge in [0.25, 0.3) is 0 Å². The molecule has 1 fully saturated rings. The molecule has 1 N–H and O–H groups in total. The third-order valence-corrected chi connectivity index (χ3v) is 4.17. The molecule has 1 unspecified atom stereocenters. The van der Waals surface area contributed by atoms with Crippen molar-refractivity contribution in [2.75, 3.05) is 11.4 Å². The van der Waals surface area contributed by atoms with Gasteiger partial charge in [0.2, 0.25) is 0 Å². The Morgan fingerprint density at radius 1 is 1.37 bits per heavy atom. The van der Waals surface area contributed by atoms with Crippen molar-refractivity contribution >= 4 is 5.69 Å². The van der Waals surface area contributed by atoms with E-state index in [1.54, 1.807) is 13.8 Å². The number of aliphatic hydroxyl groups is 1. The number of halogens is 1. The maximum absolute atomic E-state index is 13.7. The van der Waals surface area contributed by atoms with Crippen LogP contribution in [0.5, 0.6) is 0 Å². The summed E-state index contributed by atoms with van der Waals surface area (Å²) >= 11 is 0. The minimum absolute atomic E-state index is 0.234. The zero-order chi connectivity index (χ0) is 14.0. The summed E-state index contributed by atoms with van der Waals surface area (Å²) in [7, 11) is 0. The van der Waals surface area contributed by atoms with Crippen molar-refractivity contribution in [3.63, 3.8) is 0 Å². The topological polar surface area (TPSA) is 23.5 Å². The highest BCUT2D eigenvalue weighted by atomic mass is 19.1. The van der Waals surface area contributed by atoms with E-state index in [9.17, 15) is 9.50 Å². The maximum Gasteiger partial charge on any atom is 0.126 e. The summed E-state index contributed by atoms with van der Waals surface area (Å²) in [5, 5.41) is 9.91. The smallest absolute Gasteiger partial charge is 0.126 e. The molecule has 1 saturated carbocycles. The van der Waals surface area contributed by atoms with Crippen LogP contribution in [-0.2, 0) is 0 Å². The third kappa shape index (κ3) is 2.92. The van der Waals surface area contributed by atoms with Crippen molar-refractivity contribution in [3.05, 3.63) is 29.1 Å². The second-order valence-corrected chi connectivity index (χ2v) is 5.56. The molecule has 106 valence electrons. The highest BCUT2D eigenvalue weighted by Gasteiger charge is 2.25. The fraction of sp³-hybridized carbons (Fsp3) is 0.625. The summed E-state index contributed by atoms with van der Waals surface area (Å²) < 4.78 is 13.7. The molecule has 2 rings (SSSR count). The predicted octanol–water partition coefficient (Wildman–Crippen LogP) is 3.96. The van der Waals surface area contributed by atoms with Crippen LogP contribution in [0.1, 0.15) is 56.8 Å². The van der Waals surface area contributed by atoms with Gasteiger partial charge in [0.1, 0.15) is 5.82 Å². The maximum atomic E-state index is 13.7. The lowest BCUT2D eigenvalue weighted by atomic mass is 10.0. The number of aliphatic hydroxyl groups excluding tert-OH is 1. The monoisotopic (exact) mass is 265 g/mol. The minimum Gasteiger partial charge on any atom is -0.389 e. The summed E-state index contributed by atoms with van der Waals surface area (Å²) in [5.41, 5.74) is 2.36. The van der Waals surface area contributed by atoms with Gasteiger partial charge in [0.15, 0.2) is 0 Å². The van der Waals surface area contributed by atoms with Crippen LogP contribution >= 0.6 is 0 Å². The third-order valence-electron chi connectivity index (χ3n) is 4.17. The highest BCUT2D eigenvalue weighted by Crippen LogP contribution is 2.34. The molecular weight excluding hydrogens is 241 g/mol. The van der Waals surface area contributed by atoms with Crippen molar-refractivity contribution in [1.29, 1.82) is 0 Å². The van der Waals surface area contributed by atoms with Crippen molar-refractivity contribution < 1.29 is 9.50 Å². The van der Waals surface area contributed by atoms with Gasteiger partial charge in [0.05, 0.1) is 6.10 Å². The average Bonchev–Trinajstić information content (AvgIpc) is 2.87. The van der Waals surface area contributed by atoms with Crippen LogP contribution in [0, 0.1) is 12.7 Å². The molecule has 0 aliphatic heterocycles. The molecule has 0 bridgehead atoms. The van der Waals surface area contributed by atoms with Gasteiger partial charge in [-0.3, -0.25) is 0 Å². The molecule has 0 amide bonds. The van der Waals surface area contributed by atoms with Crippen molar-refractivity contribution in [3.8, 4) is 0 Å². The van der Waals surface area contributed by atoms with Gasteiger partial charge in [-0.05, 0) is 51.3 Å². The number of aryl methyl sites for hydroxylation is 1. The van der Waals surface area contributed by atoms with Gasteiger partial charge in [-0.1, -0.05) is 12.8 Å². The minimum atomic E-state index is -0.638. The van der Waals surface area contributed by atoms with Crippen LogP contribution in [0.25, 0.3) is 0 Å². The molecule has 1 aromatic rings. The fourth-order valence-electron chi connectivity index (χ4n) is 3.11. The van der Waals surface area contributed by atoms with Crippen molar-refractivity contribution in [1.82, 2.24) is 0 Å². The van der Waals surface area contributed by atoms with Crippen LogP contribution < -0.4 is 4.90 Å². The predicted molar refractivity (Wildman–Crippen MR) is 77.0 cm³/mol. The standard InChI is InChI=1S/C16H24FNO/c1-4-18(13-7-5-6-8-13)16-9-11(2)15(17)10-14(16)12(3)19/h9-10,12-13,19H,4-8H2,1-3H3. The lowest BCUT2D eigenvalue weighted by Crippen LogP contribution is -2.34. The quantitative estimate of drug-likeness (QED) is 0.891. The Balaban J connectivity index is 2.42. The van der Waals surface area contributed by atoms with E-state index < -0.39 is 6.10 Å². The molecule has 0 spiro atoms. The Labute approximate surface area is 115 Å². The number of hydrogen-bond acceptors (Lipinski definition) is 2. The summed E-state index contributed by atoms with van der Waals surface area (Å²) in [6, 6.07) is 3.92. The molecule has 0 radical (unpaired) electrons. The van der Waals surface area contributed by atoms with Crippen LogP contribution in [0.2, 0.25) is 0 Å². The van der Waals surface area contributed by atoms with Gasteiger partial charge in [-0.2, -0.15) is 0 Å². The Bertz CT molecular complexity index is 439. The first kappa shape index (κ1) is 14.3. The Morgan fingerprint density at radius 2 is 2.00 bits per heavy atom. The number of hydrogen-bond donors (Lipinski definition) is 1. The van der Waals surface area contributed by atoms with Crippen molar-refractivity contribution in [2.45, 2.75) is 58.6 Å². The molecule has 1 aliphatic rings. The summed E-state index contributed by atoms with van der Waals surface area (Å²) in [6.45, 7) is 6.52. The number of rotatable bonds is 4. The Hall–Kier alpha value is -1.09. The fourth-order valence-corrected chi connectivity index (χ4v) is 3.11. The lowest BCUT2D eigenvalue weighted by molar-refractivity contribution is 0.199. The Kier molecular flexibility index (Phi) is 4.46. The molecule has 19 heavy (non-hydrogen) atoms. The number of benzene rings is 1. The van der Waals surface area contributed by atoms with Gasteiger partial charge in [-0.15, -0.1) is 0 Å². The summed E-state index contributed by atoms with van der Waals surface area (Å²) in [5.74, 6) is -0.234. The molecule has 1 atom stereocenters. The molecule has 0 heterocycles. The van der Waals surface area contributed by atoms with E-state index in [1.165, 1.54) is 31.7 Å². The normalized spacial score (nSPS) is 17.7. The molecule has 0 aromatic heterocycles. The number of anilines is 1. The first-order valence-corrected chi connectivity index (χ1v) is 7.29. The molecule has 0 saturated heterocycles. The largest absolute Gasteiger partial charge is 0.389 e. The summed E-state index contributed by atoms with van der Waals surface area (Å²) in [6.07, 6.45) is 4.30. The zero-order valence-electron chi connectivity index (χ0n) is 12.1. The van der Waals surface area contributed by atoms with E-state index in [4.69, 9.17) is 0 Å². The van der Waals surface area contributed by atoms with Gasteiger partial charge in [-0.25, -0.2) is 4.39 Å². The molecule has 1 aliphatic carbocycles. The van der Waals surface area contributed by atoms with E-state index in [2.05, 4.69) is 11.8 Å². The molecule has 2 nitrogen and oxygen atoms in total. The first-order valence-electron chi connectivity index (χ1n) is 7.29. The van der Waals surface area contributed by atoms with Gasteiger partial charge in [0, 0.05) is 23.8 Å². The average molecular weight is 265 g/mol. The second kappa shape index (κ2) is 5.91. The summed E-state index contributed by atoms with van der Waals surface area (Å²) in [4.78, 5) is 2.33. The van der Waals surface area contributed by atoms with E-state index in [0.29, 0.717) is 17.2 Å². The van der Waals surface area contributed by atoms with Crippen molar-refractivity contribution in [2.24, 2.45) is 0 Å². The number of nitrogens with zero attached hydrogens (tertiary/aromatic N) is 1. The zero-order valence-corrected chi connectivity index (χ0v) is 12.1. The highest BCUT2D eigenvalue weighted by molar-refractivity contribution is 5.57. The van der Waals surface area contributed by atoms with Crippen LogP contribution in [0.15, 0.2) is 12.1 Å². The molecular formula is C16H24FNO. The van der Waals surface area contributed by atoms with Gasteiger partial charge < -0.3 is 10.0 Å². The second-order valence-electron chi connectivity index (χ2n) is 5.56. The molecule has 1 aromatic carbocycles. The van der Waals surface area contributed by atoms with E-state index in [-0.39, 0.29) is 5.82 Å². The lowest BCUT2D eigenvalue weighted by Gasteiger charge is -2.32. The van der Waals surface area contributed by atoms with Crippen LogP contribution in [-0.4, -0.2) is 17.7 Å². The van der Waals surface area contributed by atoms with Gasteiger partial charge >= 0.3 is 0 Å².